The van der Waals surface area contributed by atoms with Gasteiger partial charge in [-0.2, -0.15) is 13.2 Å². The van der Waals surface area contributed by atoms with Gasteiger partial charge in [0.15, 0.2) is 6.61 Å². The molecule has 2 atom stereocenters. The number of halogens is 3. The van der Waals surface area contributed by atoms with E-state index in [-0.39, 0.29) is 25.3 Å². The Labute approximate surface area is 96.4 Å². The first kappa shape index (κ1) is 14.0. The maximum Gasteiger partial charge on any atom is 0.422 e. The van der Waals surface area contributed by atoms with Crippen LogP contribution >= 0.6 is 0 Å². The third kappa shape index (κ3) is 4.04. The van der Waals surface area contributed by atoms with E-state index in [1.165, 1.54) is 14.2 Å². The lowest BCUT2D eigenvalue weighted by Crippen LogP contribution is -2.33. The molecule has 8 heteroatoms. The molecule has 1 rings (SSSR count). The zero-order valence-corrected chi connectivity index (χ0v) is 9.49. The van der Waals surface area contributed by atoms with E-state index < -0.39 is 18.9 Å². The lowest BCUT2D eigenvalue weighted by atomic mass is 10.3. The Balaban J connectivity index is 2.44. The summed E-state index contributed by atoms with van der Waals surface area (Å²) in [6.45, 7) is -1.27. The number of ether oxygens (including phenoxy) is 3. The molecule has 1 fully saturated rings. The normalized spacial score (nSPS) is 25.1. The van der Waals surface area contributed by atoms with Gasteiger partial charge in [0.05, 0.1) is 13.1 Å². The van der Waals surface area contributed by atoms with Crippen LogP contribution in [-0.4, -0.2) is 63.3 Å². The minimum Gasteiger partial charge on any atom is -0.440 e. The largest absolute Gasteiger partial charge is 0.440 e. The van der Waals surface area contributed by atoms with Crippen LogP contribution in [0.3, 0.4) is 0 Å². The molecule has 2 unspecified atom stereocenters. The lowest BCUT2D eigenvalue weighted by molar-refractivity contribution is -0.162. The predicted octanol–water partition coefficient (Wildman–Crippen LogP) is 1.03. The van der Waals surface area contributed by atoms with Gasteiger partial charge in [-0.25, -0.2) is 4.79 Å². The fraction of sp³-hybridized carbons (Fsp3) is 0.889. The molecule has 1 amide bonds. The van der Waals surface area contributed by atoms with Crippen molar-refractivity contribution in [3.05, 3.63) is 0 Å². The second-order valence-corrected chi connectivity index (χ2v) is 3.62. The molecule has 0 saturated carbocycles. The summed E-state index contributed by atoms with van der Waals surface area (Å²) in [6, 6.07) is 0. The smallest absolute Gasteiger partial charge is 0.422 e. The minimum atomic E-state index is -4.52. The summed E-state index contributed by atoms with van der Waals surface area (Å²) in [6.07, 6.45) is -6.22. The van der Waals surface area contributed by atoms with Crippen molar-refractivity contribution in [2.24, 2.45) is 0 Å². The second-order valence-electron chi connectivity index (χ2n) is 3.62. The summed E-state index contributed by atoms with van der Waals surface area (Å²) in [4.78, 5) is 12.4. The molecule has 0 spiro atoms. The molecule has 0 aromatic rings. The van der Waals surface area contributed by atoms with Gasteiger partial charge in [-0.15, -0.1) is 0 Å². The Morgan fingerprint density at radius 3 is 2.06 bits per heavy atom. The molecule has 0 bridgehead atoms. The molecule has 0 N–H and O–H groups in total. The van der Waals surface area contributed by atoms with E-state index in [2.05, 4.69) is 4.74 Å². The number of amides is 1. The highest BCUT2D eigenvalue weighted by molar-refractivity contribution is 5.68. The number of carbonyl (C=O) groups is 1. The number of carbonyl (C=O) groups excluding carboxylic acids is 1. The summed E-state index contributed by atoms with van der Waals surface area (Å²) < 4.78 is 49.7. The van der Waals surface area contributed by atoms with Crippen molar-refractivity contribution in [1.82, 2.24) is 4.90 Å². The lowest BCUT2D eigenvalue weighted by Gasteiger charge is -2.16. The Kier molecular flexibility index (Phi) is 4.58. The van der Waals surface area contributed by atoms with Gasteiger partial charge in [0.2, 0.25) is 0 Å². The van der Waals surface area contributed by atoms with Crippen molar-refractivity contribution >= 4 is 6.09 Å². The van der Waals surface area contributed by atoms with E-state index in [1.54, 1.807) is 0 Å². The predicted molar refractivity (Wildman–Crippen MR) is 50.6 cm³/mol. The van der Waals surface area contributed by atoms with E-state index in [0.717, 1.165) is 4.90 Å². The van der Waals surface area contributed by atoms with Gasteiger partial charge in [0.25, 0.3) is 0 Å². The van der Waals surface area contributed by atoms with Crippen LogP contribution in [0.1, 0.15) is 0 Å². The van der Waals surface area contributed by atoms with Crippen molar-refractivity contribution in [3.8, 4) is 0 Å². The quantitative estimate of drug-likeness (QED) is 0.757. The molecule has 5 nitrogen and oxygen atoms in total. The highest BCUT2D eigenvalue weighted by atomic mass is 19.4. The standard InChI is InChI=1S/C9H14F3NO4/c1-15-6-3-13(4-7(6)16-2)8(14)17-5-9(10,11)12/h6-7H,3-5H2,1-2H3. The molecule has 0 radical (unpaired) electrons. The van der Waals surface area contributed by atoms with Gasteiger partial charge in [-0.05, 0) is 0 Å². The van der Waals surface area contributed by atoms with Crippen LogP contribution in [0.2, 0.25) is 0 Å². The summed E-state index contributed by atoms with van der Waals surface area (Å²) in [5.41, 5.74) is 0. The van der Waals surface area contributed by atoms with E-state index in [9.17, 15) is 18.0 Å². The average molecular weight is 257 g/mol. The Bertz CT molecular complexity index is 259. The number of methoxy groups -OCH3 is 2. The van der Waals surface area contributed by atoms with Crippen LogP contribution in [-0.2, 0) is 14.2 Å². The maximum absolute atomic E-state index is 11.8. The molecule has 0 aromatic carbocycles. The maximum atomic E-state index is 11.8. The van der Waals surface area contributed by atoms with Crippen molar-refractivity contribution in [2.75, 3.05) is 33.9 Å². The summed E-state index contributed by atoms with van der Waals surface area (Å²) in [5.74, 6) is 0. The Morgan fingerprint density at radius 2 is 1.71 bits per heavy atom. The van der Waals surface area contributed by atoms with E-state index in [4.69, 9.17) is 9.47 Å². The van der Waals surface area contributed by atoms with Gasteiger partial charge in [-0.1, -0.05) is 0 Å². The summed E-state index contributed by atoms with van der Waals surface area (Å²) >= 11 is 0. The fourth-order valence-electron chi connectivity index (χ4n) is 1.58. The molecule has 17 heavy (non-hydrogen) atoms. The number of hydrogen-bond donors (Lipinski definition) is 0. The highest BCUT2D eigenvalue weighted by Crippen LogP contribution is 2.19. The summed E-state index contributed by atoms with van der Waals surface area (Å²) in [5, 5.41) is 0. The van der Waals surface area contributed by atoms with Crippen LogP contribution in [0.4, 0.5) is 18.0 Å². The molecular weight excluding hydrogens is 243 g/mol. The van der Waals surface area contributed by atoms with Gasteiger partial charge in [0, 0.05) is 14.2 Å². The van der Waals surface area contributed by atoms with Crippen LogP contribution in [0.15, 0.2) is 0 Å². The van der Waals surface area contributed by atoms with Crippen molar-refractivity contribution in [3.63, 3.8) is 0 Å². The van der Waals surface area contributed by atoms with Crippen LogP contribution in [0.5, 0.6) is 0 Å². The number of nitrogens with zero attached hydrogens (tertiary/aromatic N) is 1. The molecule has 1 aliphatic rings. The minimum absolute atomic E-state index is 0.158. The Hall–Kier alpha value is -1.02. The van der Waals surface area contributed by atoms with Gasteiger partial charge >= 0.3 is 12.3 Å². The zero-order valence-electron chi connectivity index (χ0n) is 9.49. The molecule has 1 saturated heterocycles. The SMILES string of the molecule is COC1CN(C(=O)OCC(F)(F)F)CC1OC. The molecule has 1 heterocycles. The van der Waals surface area contributed by atoms with Crippen LogP contribution in [0.25, 0.3) is 0 Å². The average Bonchev–Trinajstić information content (AvgIpc) is 2.67. The van der Waals surface area contributed by atoms with E-state index >= 15 is 0 Å². The van der Waals surface area contributed by atoms with Gasteiger partial charge in [-0.3, -0.25) is 0 Å². The molecule has 100 valence electrons. The topological polar surface area (TPSA) is 48.0 Å². The first-order chi connectivity index (χ1) is 7.87. The van der Waals surface area contributed by atoms with Crippen LogP contribution < -0.4 is 0 Å². The van der Waals surface area contributed by atoms with Crippen molar-refractivity contribution < 1.29 is 32.2 Å². The highest BCUT2D eigenvalue weighted by Gasteiger charge is 2.38. The van der Waals surface area contributed by atoms with Crippen molar-refractivity contribution in [1.29, 1.82) is 0 Å². The Morgan fingerprint density at radius 1 is 1.24 bits per heavy atom. The first-order valence-corrected chi connectivity index (χ1v) is 4.91. The molecule has 0 aliphatic carbocycles. The zero-order chi connectivity index (χ0) is 13.1. The van der Waals surface area contributed by atoms with Gasteiger partial charge in [0.1, 0.15) is 12.2 Å². The summed E-state index contributed by atoms with van der Waals surface area (Å²) in [7, 11) is 2.89. The second kappa shape index (κ2) is 5.54. The van der Waals surface area contributed by atoms with E-state index in [1.807, 2.05) is 0 Å². The molecular formula is C9H14F3NO4. The first-order valence-electron chi connectivity index (χ1n) is 4.91. The molecule has 0 aromatic heterocycles. The number of likely N-dealkylation sites (tertiary alicyclic amines) is 1. The third-order valence-corrected chi connectivity index (χ3v) is 2.44. The van der Waals surface area contributed by atoms with E-state index in [0.29, 0.717) is 0 Å². The monoisotopic (exact) mass is 257 g/mol. The van der Waals surface area contributed by atoms with Gasteiger partial charge < -0.3 is 19.1 Å². The number of alkyl halides is 3. The van der Waals surface area contributed by atoms with Crippen LogP contribution in [0, 0.1) is 0 Å². The fourth-order valence-corrected chi connectivity index (χ4v) is 1.58. The number of hydrogen-bond acceptors (Lipinski definition) is 4. The third-order valence-electron chi connectivity index (χ3n) is 2.44. The van der Waals surface area contributed by atoms with Crippen molar-refractivity contribution in [2.45, 2.75) is 18.4 Å². The molecule has 1 aliphatic heterocycles. The number of rotatable bonds is 3.